The molecule has 0 spiro atoms. The second-order valence-electron chi connectivity index (χ2n) is 5.21. The molecule has 5 nitrogen and oxygen atoms in total. The summed E-state index contributed by atoms with van der Waals surface area (Å²) < 4.78 is 3.06. The third-order valence-corrected chi connectivity index (χ3v) is 5.78. The summed E-state index contributed by atoms with van der Waals surface area (Å²) in [5.41, 5.74) is 7.16. The highest BCUT2D eigenvalue weighted by Crippen LogP contribution is 2.39. The molecule has 7 heteroatoms. The highest BCUT2D eigenvalue weighted by atomic mass is 79.9. The topological polar surface area (TPSA) is 69.6 Å². The van der Waals surface area contributed by atoms with Crippen molar-refractivity contribution in [3.63, 3.8) is 0 Å². The molecule has 0 radical (unpaired) electrons. The zero-order valence-corrected chi connectivity index (χ0v) is 14.1. The van der Waals surface area contributed by atoms with Crippen molar-refractivity contribution in [2.75, 3.05) is 6.54 Å². The fraction of sp³-hybridized carbons (Fsp3) is 0.500. The van der Waals surface area contributed by atoms with E-state index < -0.39 is 0 Å². The maximum atomic E-state index is 5.97. The Balaban J connectivity index is 1.82. The molecule has 1 atom stereocenters. The summed E-state index contributed by atoms with van der Waals surface area (Å²) in [5.74, 6) is 0. The van der Waals surface area contributed by atoms with E-state index in [0.29, 0.717) is 12.6 Å². The normalized spacial score (nSPS) is 17.2. The molecule has 2 N–H and O–H groups in total. The summed E-state index contributed by atoms with van der Waals surface area (Å²) in [4.78, 5) is 0. The number of rotatable bonds is 5. The van der Waals surface area contributed by atoms with Crippen LogP contribution >= 0.6 is 27.7 Å². The van der Waals surface area contributed by atoms with Crippen molar-refractivity contribution in [3.8, 4) is 0 Å². The highest BCUT2D eigenvalue weighted by Gasteiger charge is 2.24. The number of thioether (sulfide) groups is 1. The summed E-state index contributed by atoms with van der Waals surface area (Å²) in [6, 6.07) is 8.62. The molecule has 21 heavy (non-hydrogen) atoms. The van der Waals surface area contributed by atoms with Gasteiger partial charge in [0.1, 0.15) is 0 Å². The van der Waals surface area contributed by atoms with Crippen LogP contribution in [0.2, 0.25) is 0 Å². The van der Waals surface area contributed by atoms with E-state index in [1.54, 1.807) is 11.8 Å². The van der Waals surface area contributed by atoms with Crippen LogP contribution in [0.25, 0.3) is 0 Å². The van der Waals surface area contributed by atoms with Crippen molar-refractivity contribution in [1.29, 1.82) is 0 Å². The number of nitrogens with two attached hydrogens (primary N) is 1. The third kappa shape index (κ3) is 3.30. The SMILES string of the molecule is NCC(Sc1nnnn1C1CCCC1)c1ccccc1Br. The number of hydrogen-bond donors (Lipinski definition) is 1. The summed E-state index contributed by atoms with van der Waals surface area (Å²) in [5, 5.41) is 13.3. The molecule has 1 saturated carbocycles. The maximum Gasteiger partial charge on any atom is 0.210 e. The van der Waals surface area contributed by atoms with Crippen LogP contribution in [0.15, 0.2) is 33.9 Å². The largest absolute Gasteiger partial charge is 0.329 e. The number of tetrazole rings is 1. The average molecular weight is 368 g/mol. The Labute approximate surface area is 136 Å². The molecule has 0 saturated heterocycles. The van der Waals surface area contributed by atoms with Gasteiger partial charge in [-0.05, 0) is 34.9 Å². The van der Waals surface area contributed by atoms with Crippen LogP contribution in [0.1, 0.15) is 42.5 Å². The Morgan fingerprint density at radius 1 is 1.33 bits per heavy atom. The lowest BCUT2D eigenvalue weighted by molar-refractivity contribution is 0.422. The minimum Gasteiger partial charge on any atom is -0.329 e. The Morgan fingerprint density at radius 3 is 2.81 bits per heavy atom. The van der Waals surface area contributed by atoms with E-state index >= 15 is 0 Å². The van der Waals surface area contributed by atoms with Gasteiger partial charge in [0.25, 0.3) is 0 Å². The van der Waals surface area contributed by atoms with Crippen molar-refractivity contribution >= 4 is 27.7 Å². The van der Waals surface area contributed by atoms with Gasteiger partial charge in [-0.15, -0.1) is 5.10 Å². The van der Waals surface area contributed by atoms with Crippen LogP contribution in [0.3, 0.4) is 0 Å². The van der Waals surface area contributed by atoms with Crippen molar-refractivity contribution in [2.45, 2.75) is 42.1 Å². The first kappa shape index (κ1) is 15.0. The van der Waals surface area contributed by atoms with Gasteiger partial charge in [0.05, 0.1) is 11.3 Å². The number of hydrogen-bond acceptors (Lipinski definition) is 5. The lowest BCUT2D eigenvalue weighted by Crippen LogP contribution is -2.13. The van der Waals surface area contributed by atoms with E-state index in [1.807, 2.05) is 22.9 Å². The molecular formula is C14H18BrN5S. The molecule has 1 aromatic heterocycles. The van der Waals surface area contributed by atoms with Crippen molar-refractivity contribution in [1.82, 2.24) is 20.2 Å². The minimum atomic E-state index is 0.145. The molecule has 1 aliphatic carbocycles. The Hall–Kier alpha value is -0.920. The molecule has 1 heterocycles. The van der Waals surface area contributed by atoms with E-state index in [-0.39, 0.29) is 5.25 Å². The first-order valence-corrected chi connectivity index (χ1v) is 8.86. The number of nitrogens with zero attached hydrogens (tertiary/aromatic N) is 4. The van der Waals surface area contributed by atoms with Gasteiger partial charge in [0.2, 0.25) is 5.16 Å². The molecule has 0 aliphatic heterocycles. The van der Waals surface area contributed by atoms with Gasteiger partial charge in [-0.2, -0.15) is 0 Å². The van der Waals surface area contributed by atoms with E-state index in [9.17, 15) is 0 Å². The molecule has 3 rings (SSSR count). The van der Waals surface area contributed by atoms with E-state index in [0.717, 1.165) is 9.63 Å². The Morgan fingerprint density at radius 2 is 2.10 bits per heavy atom. The zero-order chi connectivity index (χ0) is 14.7. The van der Waals surface area contributed by atoms with Crippen molar-refractivity contribution in [3.05, 3.63) is 34.3 Å². The van der Waals surface area contributed by atoms with Crippen LogP contribution in [-0.4, -0.2) is 26.8 Å². The zero-order valence-electron chi connectivity index (χ0n) is 11.7. The molecule has 1 aromatic carbocycles. The second kappa shape index (κ2) is 6.89. The van der Waals surface area contributed by atoms with Crippen molar-refractivity contribution in [2.24, 2.45) is 5.73 Å². The monoisotopic (exact) mass is 367 g/mol. The summed E-state index contributed by atoms with van der Waals surface area (Å²) in [6.07, 6.45) is 4.86. The number of benzene rings is 1. The first-order chi connectivity index (χ1) is 10.3. The predicted molar refractivity (Wildman–Crippen MR) is 87.1 cm³/mol. The van der Waals surface area contributed by atoms with Gasteiger partial charge in [-0.3, -0.25) is 0 Å². The van der Waals surface area contributed by atoms with Gasteiger partial charge in [-0.25, -0.2) is 4.68 Å². The predicted octanol–water partition coefficient (Wildman–Crippen LogP) is 3.34. The molecule has 0 amide bonds. The summed E-state index contributed by atoms with van der Waals surface area (Å²) in [7, 11) is 0. The molecule has 1 aliphatic rings. The molecule has 1 unspecified atom stereocenters. The lowest BCUT2D eigenvalue weighted by atomic mass is 10.1. The second-order valence-corrected chi connectivity index (χ2v) is 7.23. The fourth-order valence-electron chi connectivity index (χ4n) is 2.74. The van der Waals surface area contributed by atoms with Gasteiger partial charge < -0.3 is 5.73 Å². The van der Waals surface area contributed by atoms with Crippen LogP contribution in [0.4, 0.5) is 0 Å². The first-order valence-electron chi connectivity index (χ1n) is 7.18. The quantitative estimate of drug-likeness (QED) is 0.820. The summed E-state index contributed by atoms with van der Waals surface area (Å²) >= 11 is 5.25. The average Bonchev–Trinajstić information content (AvgIpc) is 3.16. The van der Waals surface area contributed by atoms with Crippen LogP contribution in [-0.2, 0) is 0 Å². The Kier molecular flexibility index (Phi) is 4.92. The van der Waals surface area contributed by atoms with E-state index in [4.69, 9.17) is 5.73 Å². The van der Waals surface area contributed by atoms with Gasteiger partial charge in [-0.1, -0.05) is 58.7 Å². The Bertz CT molecular complexity index is 597. The van der Waals surface area contributed by atoms with Gasteiger partial charge in [0.15, 0.2) is 0 Å². The minimum absolute atomic E-state index is 0.145. The number of halogens is 1. The van der Waals surface area contributed by atoms with Crippen LogP contribution in [0.5, 0.6) is 0 Å². The number of aromatic nitrogens is 4. The summed E-state index contributed by atoms with van der Waals surface area (Å²) in [6.45, 7) is 0.546. The van der Waals surface area contributed by atoms with Gasteiger partial charge in [0, 0.05) is 11.0 Å². The van der Waals surface area contributed by atoms with Gasteiger partial charge >= 0.3 is 0 Å². The van der Waals surface area contributed by atoms with Crippen molar-refractivity contribution < 1.29 is 0 Å². The van der Waals surface area contributed by atoms with E-state index in [2.05, 4.69) is 37.5 Å². The third-order valence-electron chi connectivity index (χ3n) is 3.85. The molecule has 112 valence electrons. The molecule has 1 fully saturated rings. The molecular weight excluding hydrogens is 350 g/mol. The standard InChI is InChI=1S/C14H18BrN5S/c15-12-8-4-3-7-11(12)13(9-16)21-14-17-18-19-20(14)10-5-1-2-6-10/h3-4,7-8,10,13H,1-2,5-6,9,16H2. The maximum absolute atomic E-state index is 5.97. The smallest absolute Gasteiger partial charge is 0.210 e. The van der Waals surface area contributed by atoms with E-state index in [1.165, 1.54) is 31.2 Å². The van der Waals surface area contributed by atoms with Crippen LogP contribution in [0, 0.1) is 0 Å². The molecule has 2 aromatic rings. The van der Waals surface area contributed by atoms with Crippen LogP contribution < -0.4 is 5.73 Å². The fourth-order valence-corrected chi connectivity index (χ4v) is 4.52. The molecule has 0 bridgehead atoms. The highest BCUT2D eigenvalue weighted by molar-refractivity contribution is 9.10. The lowest BCUT2D eigenvalue weighted by Gasteiger charge is -2.17.